The molecular weight excluding hydrogens is 254 g/mol. The fourth-order valence-corrected chi connectivity index (χ4v) is 2.10. The van der Waals surface area contributed by atoms with Crippen LogP contribution in [0.15, 0.2) is 18.2 Å². The van der Waals surface area contributed by atoms with Crippen molar-refractivity contribution < 1.29 is 14.3 Å². The van der Waals surface area contributed by atoms with Crippen LogP contribution in [0.25, 0.3) is 0 Å². The summed E-state index contributed by atoms with van der Waals surface area (Å²) in [4.78, 5) is 11.8. The largest absolute Gasteiger partial charge is 0.497 e. The molecule has 0 spiro atoms. The maximum Gasteiger partial charge on any atom is 0.220 e. The maximum absolute atomic E-state index is 11.8. The molecule has 1 aromatic carbocycles. The van der Waals surface area contributed by atoms with Crippen molar-refractivity contribution >= 4 is 5.91 Å². The zero-order chi connectivity index (χ0) is 15.0. The second-order valence-electron chi connectivity index (χ2n) is 4.85. The van der Waals surface area contributed by atoms with Crippen LogP contribution < -0.4 is 14.8 Å². The predicted molar refractivity (Wildman–Crippen MR) is 80.2 cm³/mol. The second kappa shape index (κ2) is 8.46. The first-order valence-corrected chi connectivity index (χ1v) is 7.13. The molecule has 1 unspecified atom stereocenters. The Kier molecular flexibility index (Phi) is 6.91. The molecule has 4 heteroatoms. The molecule has 1 rings (SSSR count). The third-order valence-electron chi connectivity index (χ3n) is 3.29. The Morgan fingerprint density at radius 1 is 1.25 bits per heavy atom. The van der Waals surface area contributed by atoms with Crippen LogP contribution in [0.3, 0.4) is 0 Å². The lowest BCUT2D eigenvalue weighted by Crippen LogP contribution is -2.26. The van der Waals surface area contributed by atoms with Gasteiger partial charge >= 0.3 is 0 Å². The summed E-state index contributed by atoms with van der Waals surface area (Å²) in [5, 5.41) is 3.01. The Bertz CT molecular complexity index is 432. The average molecular weight is 279 g/mol. The highest BCUT2D eigenvalue weighted by atomic mass is 16.5. The van der Waals surface area contributed by atoms with Crippen molar-refractivity contribution in [3.8, 4) is 11.5 Å². The minimum atomic E-state index is -0.0787. The first kappa shape index (κ1) is 16.3. The Balaban J connectivity index is 2.66. The normalized spacial score (nSPS) is 11.8. The molecule has 20 heavy (non-hydrogen) atoms. The molecule has 1 N–H and O–H groups in total. The number of ether oxygens (including phenoxy) is 2. The maximum atomic E-state index is 11.8. The summed E-state index contributed by atoms with van der Waals surface area (Å²) in [5.74, 6) is 1.56. The van der Waals surface area contributed by atoms with Gasteiger partial charge < -0.3 is 14.8 Å². The van der Waals surface area contributed by atoms with E-state index in [1.807, 2.05) is 25.1 Å². The fraction of sp³-hybridized carbons (Fsp3) is 0.562. The Morgan fingerprint density at radius 2 is 2.00 bits per heavy atom. The number of methoxy groups -OCH3 is 2. The zero-order valence-electron chi connectivity index (χ0n) is 12.9. The molecule has 1 aromatic rings. The highest BCUT2D eigenvalue weighted by molar-refractivity contribution is 5.76. The number of carbonyl (C=O) groups excluding carboxylic acids is 1. The Hall–Kier alpha value is -1.71. The second-order valence-corrected chi connectivity index (χ2v) is 4.85. The minimum Gasteiger partial charge on any atom is -0.497 e. The number of rotatable bonds is 8. The summed E-state index contributed by atoms with van der Waals surface area (Å²) in [6.07, 6.45) is 3.73. The molecule has 0 bridgehead atoms. The van der Waals surface area contributed by atoms with E-state index in [-0.39, 0.29) is 11.9 Å². The van der Waals surface area contributed by atoms with Gasteiger partial charge in [-0.3, -0.25) is 4.79 Å². The first-order valence-electron chi connectivity index (χ1n) is 7.13. The van der Waals surface area contributed by atoms with E-state index in [1.54, 1.807) is 14.2 Å². The lowest BCUT2D eigenvalue weighted by molar-refractivity contribution is -0.121. The van der Waals surface area contributed by atoms with Crippen LogP contribution in [-0.4, -0.2) is 20.1 Å². The van der Waals surface area contributed by atoms with Crippen LogP contribution in [0, 0.1) is 0 Å². The van der Waals surface area contributed by atoms with Crippen molar-refractivity contribution in [3.05, 3.63) is 23.8 Å². The third kappa shape index (κ3) is 4.76. The van der Waals surface area contributed by atoms with Crippen LogP contribution in [0.5, 0.6) is 11.5 Å². The van der Waals surface area contributed by atoms with Crippen molar-refractivity contribution in [2.45, 2.75) is 45.6 Å². The summed E-state index contributed by atoms with van der Waals surface area (Å²) < 4.78 is 10.5. The van der Waals surface area contributed by atoms with E-state index in [2.05, 4.69) is 12.2 Å². The van der Waals surface area contributed by atoms with Gasteiger partial charge in [0.2, 0.25) is 5.91 Å². The van der Waals surface area contributed by atoms with Gasteiger partial charge in [-0.1, -0.05) is 19.8 Å². The summed E-state index contributed by atoms with van der Waals surface area (Å²) >= 11 is 0. The quantitative estimate of drug-likeness (QED) is 0.741. The van der Waals surface area contributed by atoms with Crippen molar-refractivity contribution in [3.63, 3.8) is 0 Å². The van der Waals surface area contributed by atoms with E-state index in [0.717, 1.165) is 36.3 Å². The molecule has 0 saturated carbocycles. The van der Waals surface area contributed by atoms with Gasteiger partial charge in [0.05, 0.1) is 20.3 Å². The van der Waals surface area contributed by atoms with Crippen LogP contribution in [-0.2, 0) is 4.79 Å². The average Bonchev–Trinajstić information content (AvgIpc) is 2.46. The van der Waals surface area contributed by atoms with Crippen molar-refractivity contribution in [2.75, 3.05) is 14.2 Å². The third-order valence-corrected chi connectivity index (χ3v) is 3.29. The molecule has 112 valence electrons. The van der Waals surface area contributed by atoms with Gasteiger partial charge in [-0.05, 0) is 25.5 Å². The van der Waals surface area contributed by atoms with E-state index >= 15 is 0 Å². The van der Waals surface area contributed by atoms with Crippen LogP contribution in [0.4, 0.5) is 0 Å². The molecule has 0 fully saturated rings. The van der Waals surface area contributed by atoms with Gasteiger partial charge in [-0.15, -0.1) is 0 Å². The lowest BCUT2D eigenvalue weighted by atomic mass is 10.1. The van der Waals surface area contributed by atoms with Gasteiger partial charge in [0.15, 0.2) is 0 Å². The molecule has 0 saturated heterocycles. The van der Waals surface area contributed by atoms with Gasteiger partial charge in [0.25, 0.3) is 0 Å². The van der Waals surface area contributed by atoms with Crippen LogP contribution >= 0.6 is 0 Å². The molecule has 0 heterocycles. The van der Waals surface area contributed by atoms with Gasteiger partial charge in [0, 0.05) is 18.1 Å². The topological polar surface area (TPSA) is 47.6 Å². The monoisotopic (exact) mass is 279 g/mol. The van der Waals surface area contributed by atoms with Crippen molar-refractivity contribution in [1.82, 2.24) is 5.32 Å². The molecule has 0 aliphatic carbocycles. The molecule has 0 aliphatic heterocycles. The highest BCUT2D eigenvalue weighted by Gasteiger charge is 2.14. The van der Waals surface area contributed by atoms with Gasteiger partial charge in [-0.25, -0.2) is 0 Å². The fourth-order valence-electron chi connectivity index (χ4n) is 2.10. The van der Waals surface area contributed by atoms with Crippen molar-refractivity contribution in [2.24, 2.45) is 0 Å². The summed E-state index contributed by atoms with van der Waals surface area (Å²) in [7, 11) is 3.24. The van der Waals surface area contributed by atoms with E-state index in [4.69, 9.17) is 9.47 Å². The molecular formula is C16H25NO3. The van der Waals surface area contributed by atoms with E-state index < -0.39 is 0 Å². The summed E-state index contributed by atoms with van der Waals surface area (Å²) in [5.41, 5.74) is 0.956. The number of hydrogen-bond acceptors (Lipinski definition) is 3. The first-order chi connectivity index (χ1) is 9.62. The van der Waals surface area contributed by atoms with E-state index in [9.17, 15) is 4.79 Å². The minimum absolute atomic E-state index is 0.0787. The number of carbonyl (C=O) groups is 1. The smallest absolute Gasteiger partial charge is 0.220 e. The summed E-state index contributed by atoms with van der Waals surface area (Å²) in [6, 6.07) is 5.55. The van der Waals surface area contributed by atoms with Gasteiger partial charge in [0.1, 0.15) is 11.5 Å². The molecule has 0 radical (unpaired) electrons. The molecule has 0 aliphatic rings. The summed E-state index contributed by atoms with van der Waals surface area (Å²) in [6.45, 7) is 4.09. The Morgan fingerprint density at radius 3 is 2.60 bits per heavy atom. The molecule has 1 atom stereocenters. The number of benzene rings is 1. The van der Waals surface area contributed by atoms with Crippen LogP contribution in [0.1, 0.15) is 51.1 Å². The molecule has 0 aromatic heterocycles. The highest BCUT2D eigenvalue weighted by Crippen LogP contribution is 2.29. The zero-order valence-corrected chi connectivity index (χ0v) is 12.9. The SMILES string of the molecule is CCCCCC(=O)NC(C)c1ccc(OC)cc1OC. The standard InChI is InChI=1S/C16H25NO3/c1-5-6-7-8-16(18)17-12(2)14-10-9-13(19-3)11-15(14)20-4/h9-12H,5-8H2,1-4H3,(H,17,18). The van der Waals surface area contributed by atoms with E-state index in [1.165, 1.54) is 0 Å². The number of unbranched alkanes of at least 4 members (excludes halogenated alkanes) is 2. The number of nitrogens with one attached hydrogen (secondary N) is 1. The molecule has 4 nitrogen and oxygen atoms in total. The lowest BCUT2D eigenvalue weighted by Gasteiger charge is -2.18. The van der Waals surface area contributed by atoms with E-state index in [0.29, 0.717) is 6.42 Å². The van der Waals surface area contributed by atoms with Gasteiger partial charge in [-0.2, -0.15) is 0 Å². The molecule has 1 amide bonds. The Labute approximate surface area is 121 Å². The number of hydrogen-bond donors (Lipinski definition) is 1. The van der Waals surface area contributed by atoms with Crippen LogP contribution in [0.2, 0.25) is 0 Å². The van der Waals surface area contributed by atoms with Crippen molar-refractivity contribution in [1.29, 1.82) is 0 Å². The number of amides is 1. The predicted octanol–water partition coefficient (Wildman–Crippen LogP) is 3.46.